The van der Waals surface area contributed by atoms with Crippen LogP contribution in [0.5, 0.6) is 5.75 Å². The summed E-state index contributed by atoms with van der Waals surface area (Å²) < 4.78 is 6.02. The van der Waals surface area contributed by atoms with Crippen LogP contribution in [0.1, 0.15) is 32.1 Å². The van der Waals surface area contributed by atoms with Gasteiger partial charge in [-0.1, -0.05) is 13.8 Å². The van der Waals surface area contributed by atoms with Crippen LogP contribution in [0.25, 0.3) is 10.6 Å². The molecule has 1 N–H and O–H groups in total. The Morgan fingerprint density at radius 3 is 2.58 bits per heavy atom. The molecule has 1 aromatic heterocycles. The Bertz CT molecular complexity index is 599. The molecule has 0 aliphatic carbocycles. The largest absolute Gasteiger partial charge is 0.491 e. The fourth-order valence-corrected chi connectivity index (χ4v) is 3.54. The van der Waals surface area contributed by atoms with Gasteiger partial charge in [0.1, 0.15) is 10.8 Å². The molecular formula is C18H26ClN3OS. The van der Waals surface area contributed by atoms with Gasteiger partial charge in [0.25, 0.3) is 0 Å². The molecule has 0 bridgehead atoms. The van der Waals surface area contributed by atoms with Crippen molar-refractivity contribution in [1.82, 2.24) is 14.7 Å². The third-order valence-electron chi connectivity index (χ3n) is 3.98. The second-order valence-electron chi connectivity index (χ2n) is 5.71. The Morgan fingerprint density at radius 2 is 1.96 bits per heavy atom. The normalized spacial score (nSPS) is 12.5. The Kier molecular flexibility index (Phi) is 7.99. The molecule has 0 saturated carbocycles. The summed E-state index contributed by atoms with van der Waals surface area (Å²) in [6.07, 6.45) is 3.09. The molecule has 1 aromatic carbocycles. The Hall–Kier alpha value is -1.14. The van der Waals surface area contributed by atoms with E-state index in [1.54, 1.807) is 11.3 Å². The first-order valence-electron chi connectivity index (χ1n) is 8.43. The fourth-order valence-electron chi connectivity index (χ4n) is 2.46. The zero-order valence-electron chi connectivity index (χ0n) is 14.6. The summed E-state index contributed by atoms with van der Waals surface area (Å²) in [6.45, 7) is 10.4. The van der Waals surface area contributed by atoms with Crippen LogP contribution in [-0.2, 0) is 6.54 Å². The van der Waals surface area contributed by atoms with Gasteiger partial charge in [-0.2, -0.15) is 0 Å². The van der Waals surface area contributed by atoms with Gasteiger partial charge in [-0.15, -0.1) is 11.3 Å². The van der Waals surface area contributed by atoms with E-state index in [-0.39, 0.29) is 6.10 Å². The van der Waals surface area contributed by atoms with E-state index in [1.165, 1.54) is 0 Å². The fraction of sp³-hybridized carbons (Fsp3) is 0.500. The van der Waals surface area contributed by atoms with E-state index >= 15 is 0 Å². The lowest BCUT2D eigenvalue weighted by Crippen LogP contribution is -2.27. The Labute approximate surface area is 153 Å². The number of hydrogen-bond donors (Lipinski definition) is 1. The summed E-state index contributed by atoms with van der Waals surface area (Å²) in [6, 6.07) is 8.15. The predicted molar refractivity (Wildman–Crippen MR) is 103 cm³/mol. The van der Waals surface area contributed by atoms with Crippen LogP contribution in [-0.4, -0.2) is 35.6 Å². The molecule has 0 spiro atoms. The number of ether oxygens (including phenoxy) is 1. The van der Waals surface area contributed by atoms with E-state index in [1.807, 2.05) is 18.3 Å². The van der Waals surface area contributed by atoms with E-state index < -0.39 is 0 Å². The quantitative estimate of drug-likeness (QED) is 0.625. The van der Waals surface area contributed by atoms with Crippen molar-refractivity contribution in [1.29, 1.82) is 0 Å². The Balaban J connectivity index is 1.89. The minimum atomic E-state index is 0.206. The summed E-state index contributed by atoms with van der Waals surface area (Å²) in [5.41, 5.74) is 1.10. The molecule has 6 heteroatoms. The van der Waals surface area contributed by atoms with Crippen molar-refractivity contribution in [3.05, 3.63) is 35.3 Å². The zero-order chi connectivity index (χ0) is 17.4. The van der Waals surface area contributed by atoms with Crippen molar-refractivity contribution in [3.8, 4) is 16.3 Å². The topological polar surface area (TPSA) is 37.4 Å². The summed E-state index contributed by atoms with van der Waals surface area (Å²) in [4.78, 5) is 10.6. The molecule has 0 amide bonds. The average molecular weight is 368 g/mol. The van der Waals surface area contributed by atoms with Crippen LogP contribution < -0.4 is 9.57 Å². The first-order valence-corrected chi connectivity index (χ1v) is 9.63. The molecule has 0 fully saturated rings. The highest BCUT2D eigenvalue weighted by Gasteiger charge is 2.08. The van der Waals surface area contributed by atoms with Crippen molar-refractivity contribution < 1.29 is 4.74 Å². The molecule has 0 radical (unpaired) electrons. The van der Waals surface area contributed by atoms with Gasteiger partial charge in [0.15, 0.2) is 0 Å². The number of halogens is 1. The molecule has 1 atom stereocenters. The highest BCUT2D eigenvalue weighted by Crippen LogP contribution is 2.27. The number of hydrogen-bond acceptors (Lipinski definition) is 5. The molecule has 132 valence electrons. The second-order valence-corrected chi connectivity index (χ2v) is 7.09. The standard InChI is InChI=1S/C18H26ClN3OS/c1-4-22(5-2)11-10-14(3)23-16-8-6-15(7-9-16)18-20-12-17(24-18)13-21-19/h6-9,12,14,21H,4-5,10-11,13H2,1-3H3. The van der Waals surface area contributed by atoms with Crippen LogP contribution in [0.2, 0.25) is 0 Å². The number of thiazole rings is 1. The summed E-state index contributed by atoms with van der Waals surface area (Å²) in [5, 5.41) is 0.998. The number of rotatable bonds is 10. The molecule has 24 heavy (non-hydrogen) atoms. The van der Waals surface area contributed by atoms with E-state index in [0.29, 0.717) is 6.54 Å². The summed E-state index contributed by atoms with van der Waals surface area (Å²) in [5.74, 6) is 0.907. The second kappa shape index (κ2) is 9.99. The maximum Gasteiger partial charge on any atom is 0.123 e. The number of aromatic nitrogens is 1. The third-order valence-corrected chi connectivity index (χ3v) is 5.16. The zero-order valence-corrected chi connectivity index (χ0v) is 16.2. The lowest BCUT2D eigenvalue weighted by Gasteiger charge is -2.21. The van der Waals surface area contributed by atoms with Gasteiger partial charge in [-0.25, -0.2) is 9.82 Å². The van der Waals surface area contributed by atoms with E-state index in [0.717, 1.165) is 47.3 Å². The van der Waals surface area contributed by atoms with Crippen molar-refractivity contribution in [2.45, 2.75) is 39.8 Å². The predicted octanol–water partition coefficient (Wildman–Crippen LogP) is 4.55. The van der Waals surface area contributed by atoms with Gasteiger partial charge in [0, 0.05) is 29.7 Å². The molecule has 1 heterocycles. The first kappa shape index (κ1) is 19.2. The van der Waals surface area contributed by atoms with Crippen molar-refractivity contribution >= 4 is 23.1 Å². The molecule has 0 aliphatic rings. The van der Waals surface area contributed by atoms with Gasteiger partial charge in [-0.3, -0.25) is 0 Å². The van der Waals surface area contributed by atoms with E-state index in [9.17, 15) is 0 Å². The van der Waals surface area contributed by atoms with Crippen LogP contribution in [0, 0.1) is 0 Å². The Morgan fingerprint density at radius 1 is 1.25 bits per heavy atom. The SMILES string of the molecule is CCN(CC)CCC(C)Oc1ccc(-c2ncc(CNCl)s2)cc1. The number of nitrogens with zero attached hydrogens (tertiary/aromatic N) is 2. The van der Waals surface area contributed by atoms with Gasteiger partial charge < -0.3 is 9.64 Å². The smallest absolute Gasteiger partial charge is 0.123 e. The van der Waals surface area contributed by atoms with Gasteiger partial charge in [0.2, 0.25) is 0 Å². The van der Waals surface area contributed by atoms with Crippen LogP contribution in [0.3, 0.4) is 0 Å². The van der Waals surface area contributed by atoms with E-state index in [2.05, 4.69) is 47.6 Å². The molecular weight excluding hydrogens is 342 g/mol. The van der Waals surface area contributed by atoms with Gasteiger partial charge in [-0.05, 0) is 62.5 Å². The van der Waals surface area contributed by atoms with Crippen LogP contribution >= 0.6 is 23.1 Å². The molecule has 2 aromatic rings. The summed E-state index contributed by atoms with van der Waals surface area (Å²) >= 11 is 7.18. The lowest BCUT2D eigenvalue weighted by molar-refractivity contribution is 0.181. The third kappa shape index (κ3) is 5.74. The highest BCUT2D eigenvalue weighted by atomic mass is 35.5. The lowest BCUT2D eigenvalue weighted by atomic mass is 10.2. The molecule has 4 nitrogen and oxygen atoms in total. The molecule has 1 unspecified atom stereocenters. The van der Waals surface area contributed by atoms with Crippen LogP contribution in [0.15, 0.2) is 30.5 Å². The molecule has 0 aliphatic heterocycles. The van der Waals surface area contributed by atoms with Gasteiger partial charge >= 0.3 is 0 Å². The minimum Gasteiger partial charge on any atom is -0.491 e. The number of nitrogens with one attached hydrogen (secondary N) is 1. The highest BCUT2D eigenvalue weighted by molar-refractivity contribution is 7.15. The summed E-state index contributed by atoms with van der Waals surface area (Å²) in [7, 11) is 0. The van der Waals surface area contributed by atoms with Crippen LogP contribution in [0.4, 0.5) is 0 Å². The van der Waals surface area contributed by atoms with Crippen molar-refractivity contribution in [2.24, 2.45) is 0 Å². The van der Waals surface area contributed by atoms with Crippen molar-refractivity contribution in [3.63, 3.8) is 0 Å². The van der Waals surface area contributed by atoms with Gasteiger partial charge in [0.05, 0.1) is 6.10 Å². The first-order chi connectivity index (χ1) is 11.7. The minimum absolute atomic E-state index is 0.206. The molecule has 2 rings (SSSR count). The maximum absolute atomic E-state index is 6.02. The monoisotopic (exact) mass is 367 g/mol. The maximum atomic E-state index is 6.02. The number of benzene rings is 1. The average Bonchev–Trinajstić information content (AvgIpc) is 3.05. The van der Waals surface area contributed by atoms with Crippen molar-refractivity contribution in [2.75, 3.05) is 19.6 Å². The van der Waals surface area contributed by atoms with E-state index in [4.69, 9.17) is 16.5 Å². The molecule has 0 saturated heterocycles.